The van der Waals surface area contributed by atoms with Crippen molar-refractivity contribution in [1.82, 2.24) is 4.90 Å². The average Bonchev–Trinajstić information content (AvgIpc) is 2.37. The van der Waals surface area contributed by atoms with Crippen molar-refractivity contribution in [3.63, 3.8) is 0 Å². The van der Waals surface area contributed by atoms with Gasteiger partial charge in [0.1, 0.15) is 5.82 Å². The van der Waals surface area contributed by atoms with E-state index in [-0.39, 0.29) is 5.82 Å². The summed E-state index contributed by atoms with van der Waals surface area (Å²) in [5, 5.41) is 3.28. The maximum absolute atomic E-state index is 13.0. The van der Waals surface area contributed by atoms with Gasteiger partial charge in [0.2, 0.25) is 0 Å². The predicted molar refractivity (Wildman–Crippen MR) is 81.1 cm³/mol. The van der Waals surface area contributed by atoms with Crippen LogP contribution in [0, 0.1) is 5.82 Å². The second kappa shape index (κ2) is 8.92. The number of nitrogens with zero attached hydrogens (tertiary/aromatic N) is 1. The van der Waals surface area contributed by atoms with Crippen LogP contribution < -0.4 is 5.32 Å². The first-order chi connectivity index (χ1) is 9.13. The van der Waals surface area contributed by atoms with Crippen molar-refractivity contribution < 1.29 is 4.39 Å². The molecule has 1 N–H and O–H groups in total. The van der Waals surface area contributed by atoms with Gasteiger partial charge in [-0.2, -0.15) is 0 Å². The summed E-state index contributed by atoms with van der Waals surface area (Å²) >= 11 is 0. The number of anilines is 1. The van der Waals surface area contributed by atoms with E-state index >= 15 is 0 Å². The number of benzene rings is 1. The van der Waals surface area contributed by atoms with E-state index in [9.17, 15) is 4.39 Å². The van der Waals surface area contributed by atoms with E-state index in [1.165, 1.54) is 31.4 Å². The Labute approximate surface area is 117 Å². The zero-order valence-corrected chi connectivity index (χ0v) is 12.5. The Morgan fingerprint density at radius 2 is 2.00 bits per heavy atom. The van der Waals surface area contributed by atoms with E-state index in [1.807, 2.05) is 6.07 Å². The van der Waals surface area contributed by atoms with Crippen LogP contribution in [-0.2, 0) is 0 Å². The van der Waals surface area contributed by atoms with Gasteiger partial charge < -0.3 is 5.32 Å². The molecule has 0 saturated heterocycles. The Bertz CT molecular complexity index is 352. The van der Waals surface area contributed by atoms with E-state index in [2.05, 4.69) is 31.0 Å². The molecule has 1 aromatic carbocycles. The van der Waals surface area contributed by atoms with Gasteiger partial charge in [0, 0.05) is 24.8 Å². The molecular weight excluding hydrogens is 239 g/mol. The Balaban J connectivity index is 2.31. The summed E-state index contributed by atoms with van der Waals surface area (Å²) in [5.74, 6) is -0.186. The highest BCUT2D eigenvalue weighted by molar-refractivity contribution is 5.42. The number of rotatable bonds is 9. The molecule has 0 bridgehead atoms. The Kier molecular flexibility index (Phi) is 7.49. The maximum atomic E-state index is 13.0. The van der Waals surface area contributed by atoms with E-state index < -0.39 is 0 Å². The third kappa shape index (κ3) is 6.58. The molecule has 0 unspecified atom stereocenters. The van der Waals surface area contributed by atoms with Crippen LogP contribution in [0.15, 0.2) is 24.3 Å². The average molecular weight is 266 g/mol. The monoisotopic (exact) mass is 266 g/mol. The fourth-order valence-corrected chi connectivity index (χ4v) is 2.14. The van der Waals surface area contributed by atoms with Gasteiger partial charge >= 0.3 is 0 Å². The summed E-state index contributed by atoms with van der Waals surface area (Å²) in [7, 11) is 0. The van der Waals surface area contributed by atoms with Gasteiger partial charge in [0.05, 0.1) is 0 Å². The van der Waals surface area contributed by atoms with Crippen molar-refractivity contribution in [2.24, 2.45) is 0 Å². The molecule has 0 spiro atoms. The van der Waals surface area contributed by atoms with Crippen molar-refractivity contribution >= 4 is 5.69 Å². The summed E-state index contributed by atoms with van der Waals surface area (Å²) in [6, 6.07) is 7.21. The van der Waals surface area contributed by atoms with Crippen LogP contribution in [0.1, 0.15) is 40.0 Å². The molecule has 0 aliphatic heterocycles. The van der Waals surface area contributed by atoms with E-state index in [0.717, 1.165) is 25.3 Å². The van der Waals surface area contributed by atoms with Gasteiger partial charge in [0.15, 0.2) is 0 Å². The minimum Gasteiger partial charge on any atom is -0.384 e. The Hall–Kier alpha value is -1.09. The molecule has 0 radical (unpaired) electrons. The lowest BCUT2D eigenvalue weighted by Crippen LogP contribution is -2.35. The topological polar surface area (TPSA) is 15.3 Å². The molecule has 0 aromatic heterocycles. The molecule has 19 heavy (non-hydrogen) atoms. The minimum absolute atomic E-state index is 0.186. The van der Waals surface area contributed by atoms with Gasteiger partial charge in [-0.25, -0.2) is 4.39 Å². The Morgan fingerprint density at radius 1 is 1.21 bits per heavy atom. The number of unbranched alkanes of at least 4 members (excludes halogenated alkanes) is 2. The molecule has 2 nitrogen and oxygen atoms in total. The molecule has 0 aliphatic rings. The van der Waals surface area contributed by atoms with Gasteiger partial charge in [-0.05, 0) is 45.0 Å². The zero-order chi connectivity index (χ0) is 14.1. The zero-order valence-electron chi connectivity index (χ0n) is 12.5. The molecule has 1 rings (SSSR count). The highest BCUT2D eigenvalue weighted by Crippen LogP contribution is 2.09. The highest BCUT2D eigenvalue weighted by atomic mass is 19.1. The van der Waals surface area contributed by atoms with Crippen molar-refractivity contribution in [3.05, 3.63) is 30.1 Å². The molecule has 0 amide bonds. The van der Waals surface area contributed by atoms with Gasteiger partial charge in [-0.15, -0.1) is 0 Å². The molecule has 1 aromatic rings. The third-order valence-electron chi connectivity index (χ3n) is 3.33. The van der Waals surface area contributed by atoms with Crippen LogP contribution >= 0.6 is 0 Å². The predicted octanol–water partition coefficient (Wildman–Crippen LogP) is 4.14. The normalized spacial score (nSPS) is 11.3. The molecule has 108 valence electrons. The lowest BCUT2D eigenvalue weighted by Gasteiger charge is -2.26. The van der Waals surface area contributed by atoms with Crippen LogP contribution in [0.3, 0.4) is 0 Å². The second-order valence-electron chi connectivity index (χ2n) is 5.27. The van der Waals surface area contributed by atoms with E-state index in [0.29, 0.717) is 6.04 Å². The second-order valence-corrected chi connectivity index (χ2v) is 5.27. The molecule has 3 heteroatoms. The van der Waals surface area contributed by atoms with Crippen molar-refractivity contribution in [2.45, 2.75) is 46.1 Å². The van der Waals surface area contributed by atoms with Crippen LogP contribution in [0.4, 0.5) is 10.1 Å². The van der Waals surface area contributed by atoms with E-state index in [4.69, 9.17) is 0 Å². The van der Waals surface area contributed by atoms with Crippen LogP contribution in [0.25, 0.3) is 0 Å². The molecule has 0 fully saturated rings. The summed E-state index contributed by atoms with van der Waals surface area (Å²) in [5.41, 5.74) is 0.859. The quantitative estimate of drug-likeness (QED) is 0.676. The summed E-state index contributed by atoms with van der Waals surface area (Å²) in [4.78, 5) is 2.47. The van der Waals surface area contributed by atoms with Crippen LogP contribution in [0.2, 0.25) is 0 Å². The van der Waals surface area contributed by atoms with Crippen molar-refractivity contribution in [3.8, 4) is 0 Å². The summed E-state index contributed by atoms with van der Waals surface area (Å²) in [6.45, 7) is 9.69. The van der Waals surface area contributed by atoms with Crippen LogP contribution in [-0.4, -0.2) is 30.6 Å². The van der Waals surface area contributed by atoms with Gasteiger partial charge in [-0.1, -0.05) is 25.8 Å². The summed E-state index contributed by atoms with van der Waals surface area (Å²) < 4.78 is 13.0. The first kappa shape index (κ1) is 16.0. The van der Waals surface area contributed by atoms with Crippen molar-refractivity contribution in [1.29, 1.82) is 0 Å². The lowest BCUT2D eigenvalue weighted by atomic mass is 10.2. The SMILES string of the molecule is CCCCCN(CCNc1cccc(F)c1)C(C)C. The smallest absolute Gasteiger partial charge is 0.125 e. The maximum Gasteiger partial charge on any atom is 0.125 e. The molecular formula is C16H27FN2. The number of nitrogens with one attached hydrogen (secondary N) is 1. The standard InChI is InChI=1S/C16H27FN2/c1-4-5-6-11-19(14(2)3)12-10-18-16-9-7-8-15(17)13-16/h7-9,13-14,18H,4-6,10-12H2,1-3H3. The lowest BCUT2D eigenvalue weighted by molar-refractivity contribution is 0.225. The molecule has 0 saturated carbocycles. The third-order valence-corrected chi connectivity index (χ3v) is 3.33. The summed E-state index contributed by atoms with van der Waals surface area (Å²) in [6.07, 6.45) is 3.81. The molecule has 0 aliphatic carbocycles. The molecule has 0 atom stereocenters. The minimum atomic E-state index is -0.186. The number of hydrogen-bond donors (Lipinski definition) is 1. The number of hydrogen-bond acceptors (Lipinski definition) is 2. The fourth-order valence-electron chi connectivity index (χ4n) is 2.14. The van der Waals surface area contributed by atoms with E-state index in [1.54, 1.807) is 6.07 Å². The number of halogens is 1. The van der Waals surface area contributed by atoms with Crippen molar-refractivity contribution in [2.75, 3.05) is 25.0 Å². The van der Waals surface area contributed by atoms with Gasteiger partial charge in [-0.3, -0.25) is 4.90 Å². The first-order valence-electron chi connectivity index (χ1n) is 7.37. The first-order valence-corrected chi connectivity index (χ1v) is 7.37. The fraction of sp³-hybridized carbons (Fsp3) is 0.625. The molecule has 0 heterocycles. The largest absolute Gasteiger partial charge is 0.384 e. The Morgan fingerprint density at radius 3 is 2.63 bits per heavy atom. The van der Waals surface area contributed by atoms with Gasteiger partial charge in [0.25, 0.3) is 0 Å². The van der Waals surface area contributed by atoms with Crippen LogP contribution in [0.5, 0.6) is 0 Å². The highest BCUT2D eigenvalue weighted by Gasteiger charge is 2.08.